The second-order valence-electron chi connectivity index (χ2n) is 4.86. The summed E-state index contributed by atoms with van der Waals surface area (Å²) in [5.41, 5.74) is 0.658. The lowest BCUT2D eigenvalue weighted by Crippen LogP contribution is -2.32. The van der Waals surface area contributed by atoms with Crippen molar-refractivity contribution in [1.82, 2.24) is 10.2 Å². The smallest absolute Gasteiger partial charge is 0.131 e. The van der Waals surface area contributed by atoms with Gasteiger partial charge in [-0.05, 0) is 20.0 Å². The van der Waals surface area contributed by atoms with E-state index in [4.69, 9.17) is 9.47 Å². The van der Waals surface area contributed by atoms with Crippen LogP contribution in [0.4, 0.5) is 4.39 Å². The molecule has 114 valence electrons. The molecule has 0 aromatic heterocycles. The molecule has 0 aliphatic carbocycles. The molecular formula is C15H25FN2O2. The maximum Gasteiger partial charge on any atom is 0.131 e. The van der Waals surface area contributed by atoms with E-state index in [2.05, 4.69) is 10.2 Å². The number of methoxy groups -OCH3 is 2. The van der Waals surface area contributed by atoms with Gasteiger partial charge in [0.05, 0.1) is 13.7 Å². The second-order valence-corrected chi connectivity index (χ2v) is 4.86. The number of hydrogen-bond acceptors (Lipinski definition) is 4. The number of rotatable bonds is 9. The highest BCUT2D eigenvalue weighted by atomic mass is 19.1. The zero-order valence-corrected chi connectivity index (χ0v) is 12.8. The second kappa shape index (κ2) is 8.89. The Hall–Kier alpha value is -1.17. The molecule has 0 saturated heterocycles. The Morgan fingerprint density at radius 2 is 2.05 bits per heavy atom. The molecule has 0 heterocycles. The van der Waals surface area contributed by atoms with Crippen molar-refractivity contribution in [3.8, 4) is 5.75 Å². The molecule has 0 amide bonds. The molecule has 0 bridgehead atoms. The van der Waals surface area contributed by atoms with Crippen molar-refractivity contribution in [2.45, 2.75) is 13.0 Å². The van der Waals surface area contributed by atoms with Gasteiger partial charge in [-0.15, -0.1) is 0 Å². The number of nitrogens with zero attached hydrogens (tertiary/aromatic N) is 1. The van der Waals surface area contributed by atoms with Gasteiger partial charge in [-0.3, -0.25) is 0 Å². The first-order valence-corrected chi connectivity index (χ1v) is 6.82. The minimum Gasteiger partial charge on any atom is -0.497 e. The molecule has 0 fully saturated rings. The van der Waals surface area contributed by atoms with E-state index in [-0.39, 0.29) is 11.9 Å². The van der Waals surface area contributed by atoms with Crippen molar-refractivity contribution >= 4 is 0 Å². The lowest BCUT2D eigenvalue weighted by Gasteiger charge is -2.19. The van der Waals surface area contributed by atoms with Gasteiger partial charge in [0.2, 0.25) is 0 Å². The highest BCUT2D eigenvalue weighted by molar-refractivity contribution is 5.30. The highest BCUT2D eigenvalue weighted by Crippen LogP contribution is 2.21. The Kier molecular flexibility index (Phi) is 7.51. The van der Waals surface area contributed by atoms with E-state index in [0.29, 0.717) is 11.3 Å². The SMILES string of the molecule is COCCN(C)CCNC(C)c1ccc(OC)cc1F. The van der Waals surface area contributed by atoms with Gasteiger partial charge in [0.15, 0.2) is 0 Å². The van der Waals surface area contributed by atoms with Crippen molar-refractivity contribution in [3.05, 3.63) is 29.6 Å². The first-order chi connectivity index (χ1) is 9.58. The van der Waals surface area contributed by atoms with Crippen LogP contribution >= 0.6 is 0 Å². The van der Waals surface area contributed by atoms with Gasteiger partial charge < -0.3 is 19.7 Å². The molecule has 0 spiro atoms. The Labute approximate surface area is 120 Å². The molecule has 0 aliphatic heterocycles. The maximum atomic E-state index is 13.9. The Morgan fingerprint density at radius 3 is 2.65 bits per heavy atom. The third-order valence-corrected chi connectivity index (χ3v) is 3.30. The zero-order valence-electron chi connectivity index (χ0n) is 12.8. The monoisotopic (exact) mass is 284 g/mol. The molecule has 1 aromatic rings. The van der Waals surface area contributed by atoms with Crippen LogP contribution in [-0.4, -0.2) is 52.4 Å². The van der Waals surface area contributed by atoms with Crippen LogP contribution in [0.5, 0.6) is 5.75 Å². The van der Waals surface area contributed by atoms with Crippen molar-refractivity contribution < 1.29 is 13.9 Å². The zero-order chi connectivity index (χ0) is 15.0. The third-order valence-electron chi connectivity index (χ3n) is 3.30. The van der Waals surface area contributed by atoms with Gasteiger partial charge in [-0.1, -0.05) is 6.07 Å². The summed E-state index contributed by atoms with van der Waals surface area (Å²) in [6.07, 6.45) is 0. The molecular weight excluding hydrogens is 259 g/mol. The van der Waals surface area contributed by atoms with Crippen LogP contribution in [0, 0.1) is 5.82 Å². The summed E-state index contributed by atoms with van der Waals surface area (Å²) in [5.74, 6) is 0.301. The fourth-order valence-corrected chi connectivity index (χ4v) is 1.93. The van der Waals surface area contributed by atoms with E-state index >= 15 is 0 Å². The largest absolute Gasteiger partial charge is 0.497 e. The normalized spacial score (nSPS) is 12.7. The molecule has 1 unspecified atom stereocenters. The van der Waals surface area contributed by atoms with Crippen LogP contribution in [0.25, 0.3) is 0 Å². The van der Waals surface area contributed by atoms with Crippen molar-refractivity contribution in [1.29, 1.82) is 0 Å². The summed E-state index contributed by atoms with van der Waals surface area (Å²) in [6, 6.07) is 4.93. The fourth-order valence-electron chi connectivity index (χ4n) is 1.93. The molecule has 1 N–H and O–H groups in total. The van der Waals surface area contributed by atoms with Gasteiger partial charge in [0.1, 0.15) is 11.6 Å². The van der Waals surface area contributed by atoms with Crippen LogP contribution in [0.1, 0.15) is 18.5 Å². The predicted octanol–water partition coefficient (Wildman–Crippen LogP) is 2.06. The van der Waals surface area contributed by atoms with E-state index < -0.39 is 0 Å². The molecule has 0 saturated carbocycles. The van der Waals surface area contributed by atoms with Gasteiger partial charge in [-0.2, -0.15) is 0 Å². The van der Waals surface area contributed by atoms with Gasteiger partial charge in [-0.25, -0.2) is 4.39 Å². The topological polar surface area (TPSA) is 33.7 Å². The van der Waals surface area contributed by atoms with Crippen LogP contribution in [-0.2, 0) is 4.74 Å². The molecule has 20 heavy (non-hydrogen) atoms. The van der Waals surface area contributed by atoms with E-state index in [0.717, 1.165) is 26.2 Å². The highest BCUT2D eigenvalue weighted by Gasteiger charge is 2.11. The predicted molar refractivity (Wildman–Crippen MR) is 78.7 cm³/mol. The number of hydrogen-bond donors (Lipinski definition) is 1. The van der Waals surface area contributed by atoms with E-state index in [1.54, 1.807) is 19.2 Å². The Balaban J connectivity index is 2.41. The first kappa shape index (κ1) is 16.9. The molecule has 4 nitrogen and oxygen atoms in total. The summed E-state index contributed by atoms with van der Waals surface area (Å²) in [4.78, 5) is 2.17. The molecule has 1 aromatic carbocycles. The Morgan fingerprint density at radius 1 is 1.30 bits per heavy atom. The molecule has 1 rings (SSSR count). The van der Waals surface area contributed by atoms with Crippen LogP contribution in [0.2, 0.25) is 0 Å². The van der Waals surface area contributed by atoms with Gasteiger partial charge in [0, 0.05) is 44.4 Å². The molecule has 1 atom stereocenters. The summed E-state index contributed by atoms with van der Waals surface area (Å²) in [5, 5.41) is 3.32. The lowest BCUT2D eigenvalue weighted by molar-refractivity contribution is 0.161. The average molecular weight is 284 g/mol. The average Bonchev–Trinajstić information content (AvgIpc) is 2.44. The van der Waals surface area contributed by atoms with Crippen LogP contribution in [0.15, 0.2) is 18.2 Å². The lowest BCUT2D eigenvalue weighted by atomic mass is 10.1. The third kappa shape index (κ3) is 5.45. The number of halogens is 1. The van der Waals surface area contributed by atoms with Crippen molar-refractivity contribution in [2.75, 3.05) is 47.5 Å². The molecule has 0 radical (unpaired) electrons. The van der Waals surface area contributed by atoms with Crippen LogP contribution in [0.3, 0.4) is 0 Å². The summed E-state index contributed by atoms with van der Waals surface area (Å²) >= 11 is 0. The van der Waals surface area contributed by atoms with E-state index in [1.165, 1.54) is 13.2 Å². The van der Waals surface area contributed by atoms with Crippen LogP contribution < -0.4 is 10.1 Å². The van der Waals surface area contributed by atoms with E-state index in [9.17, 15) is 4.39 Å². The summed E-state index contributed by atoms with van der Waals surface area (Å²) in [6.45, 7) is 5.26. The standard InChI is InChI=1S/C15H25FN2O2/c1-12(17-7-8-18(2)9-10-19-3)14-6-5-13(20-4)11-15(14)16/h5-6,11-12,17H,7-10H2,1-4H3. The number of ether oxygens (including phenoxy) is 2. The minimum atomic E-state index is -0.239. The fraction of sp³-hybridized carbons (Fsp3) is 0.600. The van der Waals surface area contributed by atoms with Crippen molar-refractivity contribution in [2.24, 2.45) is 0 Å². The number of benzene rings is 1. The van der Waals surface area contributed by atoms with Crippen molar-refractivity contribution in [3.63, 3.8) is 0 Å². The molecule has 5 heteroatoms. The summed E-state index contributed by atoms with van der Waals surface area (Å²) in [7, 11) is 5.27. The van der Waals surface area contributed by atoms with E-state index in [1.807, 2.05) is 14.0 Å². The number of nitrogens with one attached hydrogen (secondary N) is 1. The first-order valence-electron chi connectivity index (χ1n) is 6.82. The van der Waals surface area contributed by atoms with Gasteiger partial charge in [0.25, 0.3) is 0 Å². The maximum absolute atomic E-state index is 13.9. The Bertz CT molecular complexity index is 401. The quantitative estimate of drug-likeness (QED) is 0.752. The minimum absolute atomic E-state index is 0.0308. The van der Waals surface area contributed by atoms with Gasteiger partial charge >= 0.3 is 0 Å². The summed E-state index contributed by atoms with van der Waals surface area (Å²) < 4.78 is 23.9. The number of likely N-dealkylation sites (N-methyl/N-ethyl adjacent to an activating group) is 1. The molecule has 0 aliphatic rings.